The highest BCUT2D eigenvalue weighted by Gasteiger charge is 2.04. The van der Waals surface area contributed by atoms with Gasteiger partial charge in [-0.15, -0.1) is 0 Å². The Morgan fingerprint density at radius 2 is 2.17 bits per heavy atom. The van der Waals surface area contributed by atoms with Gasteiger partial charge in [-0.3, -0.25) is 0 Å². The number of nitrogens with two attached hydrogens (primary N) is 1. The third-order valence-corrected chi connectivity index (χ3v) is 2.12. The standard InChI is InChI=1S/C6H7ClN2O2S/c7-6-2-1-5(3-9-6)4-12(8,10)11/h1-3H,4H2,(H2,8,10,11). The molecule has 0 aliphatic rings. The number of hydrogen-bond acceptors (Lipinski definition) is 3. The molecule has 0 bridgehead atoms. The number of aromatic nitrogens is 1. The molecule has 0 aliphatic heterocycles. The molecule has 6 heteroatoms. The molecule has 0 aliphatic carbocycles. The van der Waals surface area contributed by atoms with Crippen molar-refractivity contribution in [3.05, 3.63) is 29.0 Å². The number of halogens is 1. The molecular weight excluding hydrogens is 200 g/mol. The van der Waals surface area contributed by atoms with Crippen molar-refractivity contribution in [1.82, 2.24) is 4.98 Å². The van der Waals surface area contributed by atoms with Gasteiger partial charge in [0.05, 0.1) is 5.75 Å². The predicted molar refractivity (Wildman–Crippen MR) is 46.1 cm³/mol. The van der Waals surface area contributed by atoms with E-state index in [4.69, 9.17) is 16.7 Å². The van der Waals surface area contributed by atoms with Crippen molar-refractivity contribution in [2.24, 2.45) is 5.14 Å². The fourth-order valence-electron chi connectivity index (χ4n) is 0.724. The third-order valence-electron chi connectivity index (χ3n) is 1.16. The monoisotopic (exact) mass is 206 g/mol. The van der Waals surface area contributed by atoms with E-state index in [-0.39, 0.29) is 5.75 Å². The molecule has 12 heavy (non-hydrogen) atoms. The third kappa shape index (κ3) is 3.17. The van der Waals surface area contributed by atoms with Crippen LogP contribution in [0.5, 0.6) is 0 Å². The van der Waals surface area contributed by atoms with Crippen molar-refractivity contribution in [2.75, 3.05) is 0 Å². The largest absolute Gasteiger partial charge is 0.244 e. The SMILES string of the molecule is NS(=O)(=O)Cc1ccc(Cl)nc1. The summed E-state index contributed by atoms with van der Waals surface area (Å²) in [7, 11) is -3.47. The maximum absolute atomic E-state index is 10.6. The smallest absolute Gasteiger partial charge is 0.213 e. The Hall–Kier alpha value is -0.650. The maximum Gasteiger partial charge on any atom is 0.213 e. The Balaban J connectivity index is 2.85. The zero-order valence-electron chi connectivity index (χ0n) is 6.07. The lowest BCUT2D eigenvalue weighted by Gasteiger charge is -1.97. The van der Waals surface area contributed by atoms with Crippen LogP contribution in [-0.2, 0) is 15.8 Å². The molecule has 0 aromatic carbocycles. The summed E-state index contributed by atoms with van der Waals surface area (Å²) in [6.45, 7) is 0. The van der Waals surface area contributed by atoms with Gasteiger partial charge in [0, 0.05) is 6.20 Å². The molecular formula is C6H7ClN2O2S. The minimum Gasteiger partial charge on any atom is -0.244 e. The number of pyridine rings is 1. The quantitative estimate of drug-likeness (QED) is 0.718. The van der Waals surface area contributed by atoms with E-state index in [1.165, 1.54) is 12.3 Å². The van der Waals surface area contributed by atoms with Gasteiger partial charge in [0.2, 0.25) is 10.0 Å². The van der Waals surface area contributed by atoms with Crippen molar-refractivity contribution in [2.45, 2.75) is 5.75 Å². The van der Waals surface area contributed by atoms with E-state index in [0.717, 1.165) is 0 Å². The van der Waals surface area contributed by atoms with Crippen LogP contribution in [-0.4, -0.2) is 13.4 Å². The molecule has 1 heterocycles. The Bertz CT molecular complexity index is 360. The van der Waals surface area contributed by atoms with Gasteiger partial charge in [-0.2, -0.15) is 0 Å². The molecule has 1 rings (SSSR count). The second kappa shape index (κ2) is 3.38. The summed E-state index contributed by atoms with van der Waals surface area (Å²) >= 11 is 5.49. The molecule has 0 saturated carbocycles. The maximum atomic E-state index is 10.6. The lowest BCUT2D eigenvalue weighted by Crippen LogP contribution is -2.14. The Morgan fingerprint density at radius 3 is 2.58 bits per heavy atom. The van der Waals surface area contributed by atoms with Gasteiger partial charge >= 0.3 is 0 Å². The first-order chi connectivity index (χ1) is 5.47. The molecule has 1 aromatic rings. The van der Waals surface area contributed by atoms with Gasteiger partial charge in [-0.25, -0.2) is 18.5 Å². The van der Waals surface area contributed by atoms with E-state index >= 15 is 0 Å². The van der Waals surface area contributed by atoms with Crippen LogP contribution in [0, 0.1) is 0 Å². The Labute approximate surface area is 75.4 Å². The van der Waals surface area contributed by atoms with Gasteiger partial charge in [-0.05, 0) is 11.6 Å². The summed E-state index contributed by atoms with van der Waals surface area (Å²) in [4.78, 5) is 3.71. The first-order valence-electron chi connectivity index (χ1n) is 3.08. The van der Waals surface area contributed by atoms with Gasteiger partial charge in [-0.1, -0.05) is 17.7 Å². The molecule has 0 unspecified atom stereocenters. The number of primary sulfonamides is 1. The van der Waals surface area contributed by atoms with Gasteiger partial charge in [0.25, 0.3) is 0 Å². The van der Waals surface area contributed by atoms with Crippen molar-refractivity contribution in [3.8, 4) is 0 Å². The van der Waals surface area contributed by atoms with Crippen LogP contribution in [0.15, 0.2) is 18.3 Å². The number of nitrogens with zero attached hydrogens (tertiary/aromatic N) is 1. The minimum atomic E-state index is -3.47. The number of sulfonamides is 1. The fraction of sp³-hybridized carbons (Fsp3) is 0.167. The highest BCUT2D eigenvalue weighted by atomic mass is 35.5. The van der Waals surface area contributed by atoms with E-state index < -0.39 is 10.0 Å². The van der Waals surface area contributed by atoms with E-state index in [1.807, 2.05) is 0 Å². The van der Waals surface area contributed by atoms with Gasteiger partial charge in [0.15, 0.2) is 0 Å². The van der Waals surface area contributed by atoms with Crippen LogP contribution in [0.1, 0.15) is 5.56 Å². The molecule has 0 spiro atoms. The summed E-state index contributed by atoms with van der Waals surface area (Å²) < 4.78 is 21.2. The second-order valence-electron chi connectivity index (χ2n) is 2.30. The molecule has 2 N–H and O–H groups in total. The lowest BCUT2D eigenvalue weighted by atomic mass is 10.3. The first-order valence-corrected chi connectivity index (χ1v) is 5.17. The highest BCUT2D eigenvalue weighted by Crippen LogP contribution is 2.06. The lowest BCUT2D eigenvalue weighted by molar-refractivity contribution is 0.597. The summed E-state index contributed by atoms with van der Waals surface area (Å²) in [6, 6.07) is 3.09. The molecule has 0 amide bonds. The molecule has 66 valence electrons. The second-order valence-corrected chi connectivity index (χ2v) is 4.30. The van der Waals surface area contributed by atoms with Crippen LogP contribution in [0.4, 0.5) is 0 Å². The minimum absolute atomic E-state index is 0.211. The Morgan fingerprint density at radius 1 is 1.50 bits per heavy atom. The van der Waals surface area contributed by atoms with Crippen LogP contribution in [0.3, 0.4) is 0 Å². The van der Waals surface area contributed by atoms with Gasteiger partial charge < -0.3 is 0 Å². The van der Waals surface area contributed by atoms with Crippen LogP contribution < -0.4 is 5.14 Å². The molecule has 4 nitrogen and oxygen atoms in total. The van der Waals surface area contributed by atoms with Crippen molar-refractivity contribution < 1.29 is 8.42 Å². The normalized spacial score (nSPS) is 11.5. The molecule has 0 saturated heterocycles. The van der Waals surface area contributed by atoms with Crippen molar-refractivity contribution in [3.63, 3.8) is 0 Å². The van der Waals surface area contributed by atoms with Crippen LogP contribution in [0.2, 0.25) is 5.15 Å². The summed E-state index contributed by atoms with van der Waals surface area (Å²) in [5, 5.41) is 5.14. The summed E-state index contributed by atoms with van der Waals surface area (Å²) in [5.74, 6) is -0.211. The molecule has 0 radical (unpaired) electrons. The predicted octanol–water partition coefficient (Wildman–Crippen LogP) is 0.524. The number of hydrogen-bond donors (Lipinski definition) is 1. The van der Waals surface area contributed by atoms with E-state index in [9.17, 15) is 8.42 Å². The molecule has 0 atom stereocenters. The van der Waals surface area contributed by atoms with E-state index in [2.05, 4.69) is 4.98 Å². The van der Waals surface area contributed by atoms with Crippen LogP contribution in [0.25, 0.3) is 0 Å². The zero-order chi connectivity index (χ0) is 9.19. The topological polar surface area (TPSA) is 73.1 Å². The first kappa shape index (κ1) is 9.44. The Kier molecular flexibility index (Phi) is 2.66. The zero-order valence-corrected chi connectivity index (χ0v) is 7.64. The number of rotatable bonds is 2. The van der Waals surface area contributed by atoms with E-state index in [1.54, 1.807) is 6.07 Å². The fourth-order valence-corrected chi connectivity index (χ4v) is 1.47. The van der Waals surface area contributed by atoms with Crippen molar-refractivity contribution >= 4 is 21.6 Å². The summed E-state index contributed by atoms with van der Waals surface area (Å²) in [5.41, 5.74) is 0.530. The molecule has 1 aromatic heterocycles. The molecule has 0 fully saturated rings. The van der Waals surface area contributed by atoms with Crippen molar-refractivity contribution in [1.29, 1.82) is 0 Å². The summed E-state index contributed by atoms with van der Waals surface area (Å²) in [6.07, 6.45) is 1.38. The van der Waals surface area contributed by atoms with Crippen LogP contribution >= 0.6 is 11.6 Å². The average molecular weight is 207 g/mol. The van der Waals surface area contributed by atoms with E-state index in [0.29, 0.717) is 10.7 Å². The average Bonchev–Trinajstić information content (AvgIpc) is 1.91. The van der Waals surface area contributed by atoms with Gasteiger partial charge in [0.1, 0.15) is 5.15 Å². The highest BCUT2D eigenvalue weighted by molar-refractivity contribution is 7.88.